The van der Waals surface area contributed by atoms with Gasteiger partial charge in [0.1, 0.15) is 5.60 Å². The van der Waals surface area contributed by atoms with E-state index in [1.807, 2.05) is 48.2 Å². The van der Waals surface area contributed by atoms with Crippen LogP contribution in [0, 0.1) is 5.92 Å². The summed E-state index contributed by atoms with van der Waals surface area (Å²) in [4.78, 5) is 40.1. The number of ether oxygens (including phenoxy) is 1. The van der Waals surface area contributed by atoms with E-state index >= 15 is 0 Å². The van der Waals surface area contributed by atoms with Gasteiger partial charge in [0, 0.05) is 45.0 Å². The number of carbonyl (C=O) groups excluding carboxylic acids is 3. The van der Waals surface area contributed by atoms with Gasteiger partial charge in [-0.05, 0) is 63.8 Å². The van der Waals surface area contributed by atoms with Crippen molar-refractivity contribution in [1.29, 1.82) is 0 Å². The number of likely N-dealkylation sites (tertiary alicyclic amines) is 1. The van der Waals surface area contributed by atoms with E-state index in [0.717, 1.165) is 18.5 Å². The van der Waals surface area contributed by atoms with Crippen molar-refractivity contribution in [2.45, 2.75) is 39.2 Å². The lowest BCUT2D eigenvalue weighted by molar-refractivity contribution is -0.120. The van der Waals surface area contributed by atoms with Crippen LogP contribution in [-0.2, 0) is 9.53 Å². The van der Waals surface area contributed by atoms with Crippen molar-refractivity contribution in [3.63, 3.8) is 0 Å². The van der Waals surface area contributed by atoms with Crippen LogP contribution < -0.4 is 15.5 Å². The van der Waals surface area contributed by atoms with Crippen LogP contribution in [0.4, 0.5) is 10.5 Å². The average molecular weight is 419 g/mol. The summed E-state index contributed by atoms with van der Waals surface area (Å²) in [5, 5.41) is 5.29. The highest BCUT2D eigenvalue weighted by Gasteiger charge is 2.24. The molecule has 166 valence electrons. The molecule has 0 aliphatic carbocycles. The second kappa shape index (κ2) is 10.3. The minimum absolute atomic E-state index is 0.0457. The quantitative estimate of drug-likeness (QED) is 0.739. The zero-order chi connectivity index (χ0) is 22.3. The average Bonchev–Trinajstić information content (AvgIpc) is 2.69. The number of piperidine rings is 1. The zero-order valence-electron chi connectivity index (χ0n) is 18.7. The maximum atomic E-state index is 12.7. The molecule has 0 atom stereocenters. The van der Waals surface area contributed by atoms with E-state index in [1.165, 1.54) is 0 Å². The summed E-state index contributed by atoms with van der Waals surface area (Å²) in [7, 11) is 3.93. The molecule has 8 nitrogen and oxygen atoms in total. The zero-order valence-corrected chi connectivity index (χ0v) is 18.7. The number of nitrogens with one attached hydrogen (secondary N) is 2. The third-order valence-electron chi connectivity index (χ3n) is 4.91. The maximum Gasteiger partial charge on any atom is 0.408 e. The van der Waals surface area contributed by atoms with Crippen LogP contribution in [0.2, 0.25) is 0 Å². The summed E-state index contributed by atoms with van der Waals surface area (Å²) in [6, 6.07) is 7.62. The molecule has 1 saturated heterocycles. The number of amides is 3. The van der Waals surface area contributed by atoms with Gasteiger partial charge in [0.2, 0.25) is 5.91 Å². The number of carbonyl (C=O) groups is 3. The van der Waals surface area contributed by atoms with Gasteiger partial charge in [0.25, 0.3) is 5.91 Å². The first-order chi connectivity index (χ1) is 14.0. The maximum absolute atomic E-state index is 12.7. The Kier molecular flexibility index (Phi) is 8.08. The molecule has 1 heterocycles. The molecule has 1 aromatic rings. The molecule has 0 aromatic heterocycles. The Balaban J connectivity index is 1.69. The molecule has 0 bridgehead atoms. The van der Waals surface area contributed by atoms with E-state index in [-0.39, 0.29) is 18.4 Å². The fraction of sp³-hybridized carbons (Fsp3) is 0.591. The molecule has 2 rings (SSSR count). The van der Waals surface area contributed by atoms with Crippen LogP contribution >= 0.6 is 0 Å². The van der Waals surface area contributed by atoms with Gasteiger partial charge in [-0.3, -0.25) is 9.59 Å². The van der Waals surface area contributed by atoms with Gasteiger partial charge in [-0.1, -0.05) is 0 Å². The molecule has 0 saturated carbocycles. The first-order valence-electron chi connectivity index (χ1n) is 10.4. The Morgan fingerprint density at radius 1 is 1.07 bits per heavy atom. The third-order valence-corrected chi connectivity index (χ3v) is 4.91. The molecule has 0 spiro atoms. The SMILES string of the molecule is CN(C)c1ccc(C(=O)N2CCC(CNC(=O)CNC(=O)OC(C)(C)C)CC2)cc1. The molecule has 1 aromatic carbocycles. The number of alkyl carbamates (subject to hydrolysis) is 1. The minimum atomic E-state index is -0.608. The van der Waals surface area contributed by atoms with E-state index in [9.17, 15) is 14.4 Å². The van der Waals surface area contributed by atoms with E-state index in [4.69, 9.17) is 4.74 Å². The molecule has 30 heavy (non-hydrogen) atoms. The second-order valence-corrected chi connectivity index (χ2v) is 8.84. The van der Waals surface area contributed by atoms with Crippen LogP contribution in [-0.4, -0.2) is 68.7 Å². The predicted octanol–water partition coefficient (Wildman–Crippen LogP) is 2.25. The van der Waals surface area contributed by atoms with Crippen LogP contribution in [0.3, 0.4) is 0 Å². The number of benzene rings is 1. The Labute approximate surface area is 178 Å². The molecule has 3 amide bonds. The highest BCUT2D eigenvalue weighted by atomic mass is 16.6. The topological polar surface area (TPSA) is 91.0 Å². The monoisotopic (exact) mass is 418 g/mol. The largest absolute Gasteiger partial charge is 0.444 e. The fourth-order valence-electron chi connectivity index (χ4n) is 3.21. The van der Waals surface area contributed by atoms with Gasteiger partial charge in [0.05, 0.1) is 6.54 Å². The molecule has 0 radical (unpaired) electrons. The molecule has 1 aliphatic rings. The highest BCUT2D eigenvalue weighted by molar-refractivity contribution is 5.94. The van der Waals surface area contributed by atoms with Gasteiger partial charge in [-0.2, -0.15) is 0 Å². The Morgan fingerprint density at radius 2 is 1.67 bits per heavy atom. The van der Waals surface area contributed by atoms with Crippen molar-refractivity contribution in [3.05, 3.63) is 29.8 Å². The van der Waals surface area contributed by atoms with E-state index in [2.05, 4.69) is 10.6 Å². The van der Waals surface area contributed by atoms with Gasteiger partial charge >= 0.3 is 6.09 Å². The summed E-state index contributed by atoms with van der Waals surface area (Å²) in [6.45, 7) is 7.06. The number of nitrogens with zero attached hydrogens (tertiary/aromatic N) is 2. The highest BCUT2D eigenvalue weighted by Crippen LogP contribution is 2.20. The van der Waals surface area contributed by atoms with E-state index < -0.39 is 11.7 Å². The van der Waals surface area contributed by atoms with Crippen LogP contribution in [0.5, 0.6) is 0 Å². The first kappa shape index (κ1) is 23.5. The van der Waals surface area contributed by atoms with Crippen molar-refractivity contribution in [2.24, 2.45) is 5.92 Å². The first-order valence-corrected chi connectivity index (χ1v) is 10.4. The van der Waals surface area contributed by atoms with Gasteiger partial charge in [-0.15, -0.1) is 0 Å². The molecule has 2 N–H and O–H groups in total. The lowest BCUT2D eigenvalue weighted by Gasteiger charge is -2.32. The number of anilines is 1. The number of hydrogen-bond acceptors (Lipinski definition) is 5. The van der Waals surface area contributed by atoms with Crippen LogP contribution in [0.15, 0.2) is 24.3 Å². The molecular weight excluding hydrogens is 384 g/mol. The van der Waals surface area contributed by atoms with Crippen molar-refractivity contribution in [2.75, 3.05) is 45.2 Å². The summed E-state index contributed by atoms with van der Waals surface area (Å²) in [6.07, 6.45) is 1.06. The van der Waals surface area contributed by atoms with Crippen molar-refractivity contribution < 1.29 is 19.1 Å². The predicted molar refractivity (Wildman–Crippen MR) is 117 cm³/mol. The lowest BCUT2D eigenvalue weighted by Crippen LogP contribution is -2.44. The van der Waals surface area contributed by atoms with E-state index in [0.29, 0.717) is 31.1 Å². The third kappa shape index (κ3) is 7.57. The Bertz CT molecular complexity index is 732. The van der Waals surface area contributed by atoms with E-state index in [1.54, 1.807) is 20.8 Å². The summed E-state index contributed by atoms with van der Waals surface area (Å²) >= 11 is 0. The molecule has 8 heteroatoms. The summed E-state index contributed by atoms with van der Waals surface area (Å²) < 4.78 is 5.10. The van der Waals surface area contributed by atoms with Gasteiger partial charge < -0.3 is 25.2 Å². The van der Waals surface area contributed by atoms with Crippen molar-refractivity contribution in [1.82, 2.24) is 15.5 Å². The molecule has 1 fully saturated rings. The number of hydrogen-bond donors (Lipinski definition) is 2. The van der Waals surface area contributed by atoms with Gasteiger partial charge in [-0.25, -0.2) is 4.79 Å². The van der Waals surface area contributed by atoms with Crippen molar-refractivity contribution in [3.8, 4) is 0 Å². The number of rotatable bonds is 6. The Hall–Kier alpha value is -2.77. The Morgan fingerprint density at radius 3 is 2.20 bits per heavy atom. The van der Waals surface area contributed by atoms with Gasteiger partial charge in [0.15, 0.2) is 0 Å². The van der Waals surface area contributed by atoms with Crippen LogP contribution in [0.1, 0.15) is 44.0 Å². The summed E-state index contributed by atoms with van der Waals surface area (Å²) in [5.74, 6) is 0.111. The standard InChI is InChI=1S/C22H34N4O4/c1-22(2,3)30-21(29)24-15-19(27)23-14-16-10-12-26(13-11-16)20(28)17-6-8-18(9-7-17)25(4)5/h6-9,16H,10-15H2,1-5H3,(H,23,27)(H,24,29). The van der Waals surface area contributed by atoms with Crippen LogP contribution in [0.25, 0.3) is 0 Å². The normalized spacial score (nSPS) is 14.8. The summed E-state index contributed by atoms with van der Waals surface area (Å²) in [5.41, 5.74) is 1.16. The fourth-order valence-corrected chi connectivity index (χ4v) is 3.21. The second-order valence-electron chi connectivity index (χ2n) is 8.84. The smallest absolute Gasteiger partial charge is 0.408 e. The lowest BCUT2D eigenvalue weighted by atomic mass is 9.96. The minimum Gasteiger partial charge on any atom is -0.444 e. The molecule has 0 unspecified atom stereocenters. The molecular formula is C22H34N4O4. The molecule has 1 aliphatic heterocycles. The van der Waals surface area contributed by atoms with Crippen molar-refractivity contribution >= 4 is 23.6 Å².